The standard InChI is InChI=1S/C13H12N6O3S3/c20-9-7(17-12-14-1-2-15-12)10-19(9)8(11(21)22)6(3-23-10)4-24-13-18-16-5-25-13/h1-2,5,7,10H,3-4H2,(H,21,22)(H2,14,15,17)/t7?,10-/m1/s1. The SMILES string of the molecule is O=C(O)C1=C(CSc2nncs2)CS[C@@H]2C(Nc3ncc[nH]3)C(=O)N12. The molecule has 0 radical (unpaired) electrons. The molecular formula is C13H12N6O3S3. The summed E-state index contributed by atoms with van der Waals surface area (Å²) in [4.78, 5) is 32.6. The number of carbonyl (C=O) groups is 2. The fraction of sp³-hybridized carbons (Fsp3) is 0.308. The van der Waals surface area contributed by atoms with Gasteiger partial charge in [0.2, 0.25) is 5.95 Å². The average molecular weight is 396 g/mol. The quantitative estimate of drug-likeness (QED) is 0.486. The maximum absolute atomic E-state index is 12.5. The number of β-lactam (4-membered cyclic amide) rings is 1. The fourth-order valence-electron chi connectivity index (χ4n) is 2.66. The number of aromatic amines is 1. The minimum Gasteiger partial charge on any atom is -0.477 e. The monoisotopic (exact) mass is 396 g/mol. The van der Waals surface area contributed by atoms with Gasteiger partial charge in [-0.1, -0.05) is 23.1 Å². The molecule has 1 amide bonds. The van der Waals surface area contributed by atoms with Crippen LogP contribution in [0.15, 0.2) is 33.5 Å². The number of nitrogens with one attached hydrogen (secondary N) is 2. The molecular weight excluding hydrogens is 384 g/mol. The molecule has 1 fully saturated rings. The van der Waals surface area contributed by atoms with Gasteiger partial charge < -0.3 is 15.4 Å². The van der Waals surface area contributed by atoms with Crippen molar-refractivity contribution in [3.63, 3.8) is 0 Å². The molecule has 0 aromatic carbocycles. The maximum atomic E-state index is 12.5. The predicted molar refractivity (Wildman–Crippen MR) is 94.4 cm³/mol. The summed E-state index contributed by atoms with van der Waals surface area (Å²) in [6.07, 6.45) is 3.24. The molecule has 130 valence electrons. The minimum atomic E-state index is -1.08. The second kappa shape index (κ2) is 6.69. The highest BCUT2D eigenvalue weighted by molar-refractivity contribution is 8.01. The van der Waals surface area contributed by atoms with E-state index in [1.165, 1.54) is 28.0 Å². The number of fused-ring (bicyclic) bond motifs is 1. The van der Waals surface area contributed by atoms with Crippen LogP contribution in [0.3, 0.4) is 0 Å². The number of aromatic nitrogens is 4. The number of carbonyl (C=O) groups excluding carboxylic acids is 1. The number of hydrogen-bond donors (Lipinski definition) is 3. The summed E-state index contributed by atoms with van der Waals surface area (Å²) in [5, 5.41) is 20.1. The largest absolute Gasteiger partial charge is 0.477 e. The van der Waals surface area contributed by atoms with Gasteiger partial charge in [-0.05, 0) is 5.57 Å². The first-order chi connectivity index (χ1) is 12.1. The number of imidazole rings is 1. The van der Waals surface area contributed by atoms with Crippen LogP contribution in [-0.4, -0.2) is 65.0 Å². The van der Waals surface area contributed by atoms with Gasteiger partial charge in [-0.3, -0.25) is 9.69 Å². The Morgan fingerprint density at radius 1 is 1.56 bits per heavy atom. The highest BCUT2D eigenvalue weighted by Gasteiger charge is 2.53. The fourth-order valence-corrected chi connectivity index (χ4v) is 5.63. The molecule has 0 bridgehead atoms. The summed E-state index contributed by atoms with van der Waals surface area (Å²) < 4.78 is 0.775. The van der Waals surface area contributed by atoms with Gasteiger partial charge >= 0.3 is 5.97 Å². The summed E-state index contributed by atoms with van der Waals surface area (Å²) in [7, 11) is 0. The lowest BCUT2D eigenvalue weighted by Gasteiger charge is -2.49. The van der Waals surface area contributed by atoms with Gasteiger partial charge in [-0.2, -0.15) is 0 Å². The number of anilines is 1. The van der Waals surface area contributed by atoms with E-state index in [0.29, 0.717) is 17.5 Å². The zero-order chi connectivity index (χ0) is 17.4. The lowest BCUT2D eigenvalue weighted by molar-refractivity contribution is -0.147. The zero-order valence-electron chi connectivity index (χ0n) is 12.6. The normalized spacial score (nSPS) is 22.6. The van der Waals surface area contributed by atoms with E-state index in [1.54, 1.807) is 29.7 Å². The first-order valence-electron chi connectivity index (χ1n) is 7.20. The van der Waals surface area contributed by atoms with Gasteiger partial charge in [0.05, 0.1) is 0 Å². The lowest BCUT2D eigenvalue weighted by Crippen LogP contribution is -2.67. The molecule has 1 saturated heterocycles. The van der Waals surface area contributed by atoms with Crippen LogP contribution in [0.4, 0.5) is 5.95 Å². The molecule has 25 heavy (non-hydrogen) atoms. The summed E-state index contributed by atoms with van der Waals surface area (Å²) in [6.45, 7) is 0. The summed E-state index contributed by atoms with van der Waals surface area (Å²) in [6, 6.07) is -0.483. The first-order valence-corrected chi connectivity index (χ1v) is 10.1. The number of thioether (sulfide) groups is 2. The van der Waals surface area contributed by atoms with E-state index in [1.807, 2.05) is 0 Å². The van der Waals surface area contributed by atoms with Gasteiger partial charge in [-0.25, -0.2) is 9.78 Å². The summed E-state index contributed by atoms with van der Waals surface area (Å²) in [5.41, 5.74) is 2.44. The second-order valence-electron chi connectivity index (χ2n) is 5.22. The number of amides is 1. The Morgan fingerprint density at radius 2 is 2.44 bits per heavy atom. The number of aliphatic carboxylic acids is 1. The molecule has 2 aliphatic rings. The third-order valence-electron chi connectivity index (χ3n) is 3.75. The zero-order valence-corrected chi connectivity index (χ0v) is 15.0. The average Bonchev–Trinajstić information content (AvgIpc) is 3.30. The topological polar surface area (TPSA) is 124 Å². The van der Waals surface area contributed by atoms with Crippen molar-refractivity contribution < 1.29 is 14.7 Å². The molecule has 0 saturated carbocycles. The highest BCUT2D eigenvalue weighted by Crippen LogP contribution is 2.42. The van der Waals surface area contributed by atoms with Crippen LogP contribution < -0.4 is 5.32 Å². The Bertz CT molecular complexity index is 822. The van der Waals surface area contributed by atoms with Gasteiger partial charge in [0.15, 0.2) is 4.34 Å². The van der Waals surface area contributed by atoms with Crippen molar-refractivity contribution in [3.8, 4) is 0 Å². The molecule has 2 aliphatic heterocycles. The molecule has 2 atom stereocenters. The minimum absolute atomic E-state index is 0.0864. The smallest absolute Gasteiger partial charge is 0.352 e. The molecule has 12 heteroatoms. The van der Waals surface area contributed by atoms with Gasteiger partial charge in [0, 0.05) is 23.9 Å². The first kappa shape index (κ1) is 16.4. The van der Waals surface area contributed by atoms with E-state index in [9.17, 15) is 14.7 Å². The third kappa shape index (κ3) is 3.00. The maximum Gasteiger partial charge on any atom is 0.352 e. The van der Waals surface area contributed by atoms with Crippen LogP contribution in [0.2, 0.25) is 0 Å². The number of nitrogens with zero attached hydrogens (tertiary/aromatic N) is 4. The molecule has 1 unspecified atom stereocenters. The molecule has 9 nitrogen and oxygen atoms in total. The summed E-state index contributed by atoms with van der Waals surface area (Å²) >= 11 is 4.38. The molecule has 4 rings (SSSR count). The molecule has 2 aromatic rings. The number of hydrogen-bond acceptors (Lipinski definition) is 9. The summed E-state index contributed by atoms with van der Waals surface area (Å²) in [5.74, 6) is 0.180. The molecule has 0 aliphatic carbocycles. The molecule has 3 N–H and O–H groups in total. The Balaban J connectivity index is 1.52. The van der Waals surface area contributed by atoms with Crippen LogP contribution in [0.25, 0.3) is 0 Å². The molecule has 4 heterocycles. The van der Waals surface area contributed by atoms with Crippen molar-refractivity contribution in [1.29, 1.82) is 0 Å². The predicted octanol–water partition coefficient (Wildman–Crippen LogP) is 1.09. The van der Waals surface area contributed by atoms with Crippen LogP contribution in [0, 0.1) is 0 Å². The van der Waals surface area contributed by atoms with Crippen LogP contribution in [0.5, 0.6) is 0 Å². The number of rotatable bonds is 6. The highest BCUT2D eigenvalue weighted by atomic mass is 32.2. The van der Waals surface area contributed by atoms with Crippen molar-refractivity contribution in [2.24, 2.45) is 0 Å². The number of carboxylic acid groups (broad SMARTS) is 1. The Hall–Kier alpha value is -2.05. The van der Waals surface area contributed by atoms with Crippen molar-refractivity contribution in [3.05, 3.63) is 29.2 Å². The Labute approximate surface area is 154 Å². The van der Waals surface area contributed by atoms with Gasteiger partial charge in [-0.15, -0.1) is 22.0 Å². The third-order valence-corrected chi connectivity index (χ3v) is 7.04. The lowest BCUT2D eigenvalue weighted by atomic mass is 10.0. The van der Waals surface area contributed by atoms with Crippen molar-refractivity contribution in [2.75, 3.05) is 16.8 Å². The van der Waals surface area contributed by atoms with Crippen LogP contribution in [-0.2, 0) is 9.59 Å². The van der Waals surface area contributed by atoms with Crippen molar-refractivity contribution in [2.45, 2.75) is 15.8 Å². The van der Waals surface area contributed by atoms with E-state index < -0.39 is 12.0 Å². The van der Waals surface area contributed by atoms with Gasteiger partial charge in [0.1, 0.15) is 22.6 Å². The molecule has 0 spiro atoms. The van der Waals surface area contributed by atoms with E-state index in [-0.39, 0.29) is 17.0 Å². The van der Waals surface area contributed by atoms with E-state index >= 15 is 0 Å². The number of H-pyrrole nitrogens is 1. The van der Waals surface area contributed by atoms with E-state index in [0.717, 1.165) is 9.91 Å². The van der Waals surface area contributed by atoms with Crippen molar-refractivity contribution >= 4 is 52.7 Å². The Kier molecular flexibility index (Phi) is 4.39. The van der Waals surface area contributed by atoms with Crippen LogP contribution >= 0.6 is 34.9 Å². The second-order valence-corrected chi connectivity index (χ2v) is 8.38. The number of carboxylic acids is 1. The van der Waals surface area contributed by atoms with Crippen molar-refractivity contribution in [1.82, 2.24) is 25.1 Å². The van der Waals surface area contributed by atoms with E-state index in [4.69, 9.17) is 0 Å². The molecule has 2 aromatic heterocycles. The Morgan fingerprint density at radius 3 is 3.12 bits per heavy atom. The van der Waals surface area contributed by atoms with Gasteiger partial charge in [0.25, 0.3) is 5.91 Å². The van der Waals surface area contributed by atoms with Crippen LogP contribution in [0.1, 0.15) is 0 Å². The van der Waals surface area contributed by atoms with E-state index in [2.05, 4.69) is 25.5 Å².